The highest BCUT2D eigenvalue weighted by atomic mass is 32.2. The van der Waals surface area contributed by atoms with E-state index in [1.54, 1.807) is 18.2 Å². The van der Waals surface area contributed by atoms with Gasteiger partial charge in [0.1, 0.15) is 0 Å². The fourth-order valence-electron chi connectivity index (χ4n) is 2.22. The first-order chi connectivity index (χ1) is 12.0. The fraction of sp³-hybridized carbons (Fsp3) is 0.167. The van der Waals surface area contributed by atoms with E-state index in [0.29, 0.717) is 11.3 Å². The molecule has 0 radical (unpaired) electrons. The number of halogens is 3. The quantitative estimate of drug-likeness (QED) is 0.797. The standard InChI is InChI=1S/C18H16F3NO3S/c1-26(24,25)12-14-5-3-7-16(11-14)22-17(23)9-8-13-4-2-6-15(10-13)18(19,20)21/h2-11H,12H2,1H3,(H,22,23). The van der Waals surface area contributed by atoms with Gasteiger partial charge in [0.2, 0.25) is 5.91 Å². The summed E-state index contributed by atoms with van der Waals surface area (Å²) in [6.07, 6.45) is -0.966. The SMILES string of the molecule is CS(=O)(=O)Cc1cccc(NC(=O)C=Cc2cccc(C(F)(F)F)c2)c1. The molecule has 138 valence electrons. The molecule has 8 heteroatoms. The minimum absolute atomic E-state index is 0.156. The summed E-state index contributed by atoms with van der Waals surface area (Å²) in [4.78, 5) is 11.9. The lowest BCUT2D eigenvalue weighted by molar-refractivity contribution is -0.137. The fourth-order valence-corrected chi connectivity index (χ4v) is 3.00. The van der Waals surface area contributed by atoms with Gasteiger partial charge in [-0.05, 0) is 41.5 Å². The van der Waals surface area contributed by atoms with Crippen molar-refractivity contribution in [1.29, 1.82) is 0 Å². The Labute approximate surface area is 149 Å². The lowest BCUT2D eigenvalue weighted by Gasteiger charge is -2.07. The molecule has 0 saturated carbocycles. The highest BCUT2D eigenvalue weighted by Crippen LogP contribution is 2.29. The first-order valence-corrected chi connectivity index (χ1v) is 9.52. The highest BCUT2D eigenvalue weighted by molar-refractivity contribution is 7.89. The number of benzene rings is 2. The normalized spacial score (nSPS) is 12.3. The van der Waals surface area contributed by atoms with E-state index in [2.05, 4.69) is 5.32 Å². The van der Waals surface area contributed by atoms with Crippen LogP contribution in [0.3, 0.4) is 0 Å². The molecule has 2 aromatic carbocycles. The monoisotopic (exact) mass is 383 g/mol. The first-order valence-electron chi connectivity index (χ1n) is 7.46. The molecule has 0 aliphatic rings. The van der Waals surface area contributed by atoms with Crippen molar-refractivity contribution < 1.29 is 26.4 Å². The number of amides is 1. The summed E-state index contributed by atoms with van der Waals surface area (Å²) < 4.78 is 60.6. The van der Waals surface area contributed by atoms with Crippen LogP contribution in [0.2, 0.25) is 0 Å². The van der Waals surface area contributed by atoms with Crippen molar-refractivity contribution in [1.82, 2.24) is 0 Å². The predicted molar refractivity (Wildman–Crippen MR) is 94.1 cm³/mol. The van der Waals surface area contributed by atoms with Gasteiger partial charge in [0.15, 0.2) is 9.84 Å². The maximum Gasteiger partial charge on any atom is 0.416 e. The zero-order valence-corrected chi connectivity index (χ0v) is 14.6. The van der Waals surface area contributed by atoms with Crippen LogP contribution in [0.1, 0.15) is 16.7 Å². The van der Waals surface area contributed by atoms with Crippen molar-refractivity contribution >= 4 is 27.5 Å². The van der Waals surface area contributed by atoms with Crippen LogP contribution in [-0.4, -0.2) is 20.6 Å². The minimum atomic E-state index is -4.45. The lowest BCUT2D eigenvalue weighted by Crippen LogP contribution is -2.08. The van der Waals surface area contributed by atoms with Gasteiger partial charge in [-0.25, -0.2) is 8.42 Å². The van der Waals surface area contributed by atoms with Crippen LogP contribution >= 0.6 is 0 Å². The third kappa shape index (κ3) is 6.36. The Morgan fingerprint density at radius 2 is 1.81 bits per heavy atom. The van der Waals surface area contributed by atoms with Gasteiger partial charge in [-0.15, -0.1) is 0 Å². The molecule has 0 saturated heterocycles. The molecule has 1 amide bonds. The third-order valence-corrected chi connectivity index (χ3v) is 4.12. The summed E-state index contributed by atoms with van der Waals surface area (Å²) in [5.74, 6) is -0.699. The number of alkyl halides is 3. The molecule has 2 aromatic rings. The van der Waals surface area contributed by atoms with Crippen LogP contribution in [0.15, 0.2) is 54.6 Å². The summed E-state index contributed by atoms with van der Waals surface area (Å²) >= 11 is 0. The molecule has 2 rings (SSSR count). The number of hydrogen-bond acceptors (Lipinski definition) is 3. The molecule has 0 atom stereocenters. The van der Waals surface area contributed by atoms with Gasteiger partial charge in [0.25, 0.3) is 0 Å². The number of carbonyl (C=O) groups excluding carboxylic acids is 1. The topological polar surface area (TPSA) is 63.2 Å². The zero-order valence-electron chi connectivity index (χ0n) is 13.7. The van der Waals surface area contributed by atoms with E-state index in [1.165, 1.54) is 24.3 Å². The van der Waals surface area contributed by atoms with Crippen LogP contribution in [0.5, 0.6) is 0 Å². The van der Waals surface area contributed by atoms with Crippen LogP contribution in [0, 0.1) is 0 Å². The summed E-state index contributed by atoms with van der Waals surface area (Å²) in [5.41, 5.74) is 0.353. The Balaban J connectivity index is 2.07. The average Bonchev–Trinajstić information content (AvgIpc) is 2.51. The van der Waals surface area contributed by atoms with Crippen LogP contribution < -0.4 is 5.32 Å². The molecule has 1 N–H and O–H groups in total. The molecular formula is C18H16F3NO3S. The average molecular weight is 383 g/mol. The number of sulfone groups is 1. The summed E-state index contributed by atoms with van der Waals surface area (Å²) in [5, 5.41) is 2.54. The Morgan fingerprint density at radius 3 is 2.46 bits per heavy atom. The van der Waals surface area contributed by atoms with Crippen molar-refractivity contribution in [2.75, 3.05) is 11.6 Å². The predicted octanol–water partition coefficient (Wildman–Crippen LogP) is 3.90. The van der Waals surface area contributed by atoms with E-state index in [9.17, 15) is 26.4 Å². The summed E-state index contributed by atoms with van der Waals surface area (Å²) in [6.45, 7) is 0. The molecule has 0 unspecified atom stereocenters. The second-order valence-corrected chi connectivity index (χ2v) is 7.86. The molecule has 0 aliphatic carbocycles. The Morgan fingerprint density at radius 1 is 1.12 bits per heavy atom. The molecular weight excluding hydrogens is 367 g/mol. The van der Waals surface area contributed by atoms with E-state index in [0.717, 1.165) is 24.5 Å². The zero-order chi connectivity index (χ0) is 19.4. The van der Waals surface area contributed by atoms with E-state index in [1.807, 2.05) is 0 Å². The Kier molecular flexibility index (Phi) is 5.86. The van der Waals surface area contributed by atoms with Crippen molar-refractivity contribution in [3.8, 4) is 0 Å². The molecule has 26 heavy (non-hydrogen) atoms. The third-order valence-electron chi connectivity index (χ3n) is 3.26. The summed E-state index contributed by atoms with van der Waals surface area (Å²) in [7, 11) is -3.20. The van der Waals surface area contributed by atoms with Gasteiger partial charge in [-0.2, -0.15) is 13.2 Å². The van der Waals surface area contributed by atoms with Gasteiger partial charge in [0, 0.05) is 18.0 Å². The van der Waals surface area contributed by atoms with Gasteiger partial charge in [-0.3, -0.25) is 4.79 Å². The molecule has 0 aromatic heterocycles. The molecule has 0 heterocycles. The van der Waals surface area contributed by atoms with Gasteiger partial charge >= 0.3 is 6.18 Å². The first kappa shape index (κ1) is 19.7. The molecule has 0 aliphatic heterocycles. The molecule has 0 fully saturated rings. The van der Waals surface area contributed by atoms with Crippen molar-refractivity contribution in [3.63, 3.8) is 0 Å². The Hall–Kier alpha value is -2.61. The number of nitrogens with one attached hydrogen (secondary N) is 1. The van der Waals surface area contributed by atoms with E-state index >= 15 is 0 Å². The van der Waals surface area contributed by atoms with Crippen LogP contribution in [0.4, 0.5) is 18.9 Å². The van der Waals surface area contributed by atoms with Gasteiger partial charge < -0.3 is 5.32 Å². The number of anilines is 1. The maximum absolute atomic E-state index is 12.7. The van der Waals surface area contributed by atoms with E-state index in [4.69, 9.17) is 0 Å². The molecule has 4 nitrogen and oxygen atoms in total. The largest absolute Gasteiger partial charge is 0.416 e. The smallest absolute Gasteiger partial charge is 0.323 e. The lowest BCUT2D eigenvalue weighted by atomic mass is 10.1. The number of hydrogen-bond donors (Lipinski definition) is 1. The van der Waals surface area contributed by atoms with E-state index in [-0.39, 0.29) is 11.3 Å². The maximum atomic E-state index is 12.7. The number of carbonyl (C=O) groups is 1. The second-order valence-electron chi connectivity index (χ2n) is 5.72. The minimum Gasteiger partial charge on any atom is -0.323 e. The van der Waals surface area contributed by atoms with Gasteiger partial charge in [-0.1, -0.05) is 24.3 Å². The van der Waals surface area contributed by atoms with Crippen LogP contribution in [-0.2, 0) is 26.6 Å². The summed E-state index contributed by atoms with van der Waals surface area (Å²) in [6, 6.07) is 10.9. The molecule has 0 bridgehead atoms. The van der Waals surface area contributed by atoms with Crippen molar-refractivity contribution in [3.05, 3.63) is 71.3 Å². The van der Waals surface area contributed by atoms with E-state index < -0.39 is 27.5 Å². The van der Waals surface area contributed by atoms with Crippen LogP contribution in [0.25, 0.3) is 6.08 Å². The van der Waals surface area contributed by atoms with Crippen molar-refractivity contribution in [2.45, 2.75) is 11.9 Å². The second kappa shape index (κ2) is 7.74. The van der Waals surface area contributed by atoms with Crippen molar-refractivity contribution in [2.24, 2.45) is 0 Å². The Bertz CT molecular complexity index is 935. The number of rotatable bonds is 5. The highest BCUT2D eigenvalue weighted by Gasteiger charge is 2.30. The van der Waals surface area contributed by atoms with Gasteiger partial charge in [0.05, 0.1) is 11.3 Å². The molecule has 0 spiro atoms.